The molecule has 0 saturated carbocycles. The molecule has 10 heavy (non-hydrogen) atoms. The molecule has 0 fully saturated rings. The average Bonchev–Trinajstić information content (AvgIpc) is 1.59. The summed E-state index contributed by atoms with van der Waals surface area (Å²) in [4.78, 5) is 0. The highest BCUT2D eigenvalue weighted by atomic mass is 35.7. The van der Waals surface area contributed by atoms with Gasteiger partial charge >= 0.3 is 7.38 Å². The van der Waals surface area contributed by atoms with Crippen LogP contribution in [0.2, 0.25) is 0 Å². The van der Waals surface area contributed by atoms with Crippen molar-refractivity contribution in [3.8, 4) is 0 Å². The lowest BCUT2D eigenvalue weighted by atomic mass is 10.5. The van der Waals surface area contributed by atoms with Crippen LogP contribution in [0.5, 0.6) is 0 Å². The molecule has 0 rings (SSSR count). The quantitative estimate of drug-likeness (QED) is 0.491. The Labute approximate surface area is 67.2 Å². The van der Waals surface area contributed by atoms with Gasteiger partial charge in [-0.05, 0) is 4.57 Å². The van der Waals surface area contributed by atoms with Crippen LogP contribution in [0.4, 0.5) is 0 Å². The highest BCUT2D eigenvalue weighted by molar-refractivity contribution is 7.69. The van der Waals surface area contributed by atoms with E-state index in [-0.39, 0.29) is 0 Å². The van der Waals surface area contributed by atoms with Crippen molar-refractivity contribution in [2.45, 2.75) is 0 Å². The molecule has 1 unspecified atom stereocenters. The van der Waals surface area contributed by atoms with Crippen molar-refractivity contribution >= 4 is 18.6 Å². The predicted octanol–water partition coefficient (Wildman–Crippen LogP) is 1.61. The summed E-state index contributed by atoms with van der Waals surface area (Å²) in [6.45, 7) is 1.26. The van der Waals surface area contributed by atoms with Crippen LogP contribution in [-0.4, -0.2) is 38.8 Å². The van der Waals surface area contributed by atoms with Crippen LogP contribution >= 0.6 is 18.6 Å². The molecule has 0 spiro atoms. The van der Waals surface area contributed by atoms with Gasteiger partial charge in [0.2, 0.25) is 11.2 Å². The van der Waals surface area contributed by atoms with Gasteiger partial charge in [-0.3, -0.25) is 0 Å². The number of rotatable bonds is 4. The van der Waals surface area contributed by atoms with E-state index in [0.29, 0.717) is 6.61 Å². The van der Waals surface area contributed by atoms with Crippen molar-refractivity contribution in [2.75, 3.05) is 34.3 Å². The summed E-state index contributed by atoms with van der Waals surface area (Å²) in [5, 5.41) is 0. The molecule has 0 aromatic heterocycles. The second kappa shape index (κ2) is 4.24. The first-order valence-electron chi connectivity index (χ1n) is 2.98. The molecule has 0 N–H and O–H groups in total. The van der Waals surface area contributed by atoms with Crippen molar-refractivity contribution in [3.05, 3.63) is 0 Å². The summed E-state index contributed by atoms with van der Waals surface area (Å²) in [5.41, 5.74) is 0. The third-order valence-corrected chi connectivity index (χ3v) is 1.63. The smallest absolute Gasteiger partial charge is 0.329 e. The summed E-state index contributed by atoms with van der Waals surface area (Å²) >= 11 is 5.09. The molecule has 5 heteroatoms. The van der Waals surface area contributed by atoms with Gasteiger partial charge in [-0.2, -0.15) is 0 Å². The molecule has 0 amide bonds. The number of hydrogen-bond acceptors (Lipinski definition) is 2. The van der Waals surface area contributed by atoms with Crippen molar-refractivity contribution in [2.24, 2.45) is 0 Å². The lowest BCUT2D eigenvalue weighted by Crippen LogP contribution is -2.37. The van der Waals surface area contributed by atoms with Gasteiger partial charge in [0, 0.05) is 0 Å². The maximum atomic E-state index is 10.2. The maximum absolute atomic E-state index is 10.2. The van der Waals surface area contributed by atoms with Crippen molar-refractivity contribution in [3.63, 3.8) is 0 Å². The number of quaternary nitrogens is 1. The molecule has 0 aliphatic heterocycles. The Kier molecular flexibility index (Phi) is 4.37. The zero-order chi connectivity index (χ0) is 8.20. The Hall–Kier alpha value is 0.310. The Morgan fingerprint density at radius 1 is 1.50 bits per heavy atom. The van der Waals surface area contributed by atoms with E-state index in [4.69, 9.17) is 11.2 Å². The third-order valence-electron chi connectivity index (χ3n) is 0.955. The zero-order valence-corrected chi connectivity index (χ0v) is 8.15. The predicted molar refractivity (Wildman–Crippen MR) is 42.3 cm³/mol. The van der Waals surface area contributed by atoms with E-state index < -0.39 is 7.38 Å². The van der Waals surface area contributed by atoms with Crippen LogP contribution in [0.25, 0.3) is 0 Å². The highest BCUT2D eigenvalue weighted by Gasteiger charge is 2.15. The second-order valence-corrected chi connectivity index (χ2v) is 4.57. The molecule has 0 aliphatic carbocycles. The van der Waals surface area contributed by atoms with Gasteiger partial charge < -0.3 is 4.48 Å². The van der Waals surface area contributed by atoms with Gasteiger partial charge in [-0.25, -0.2) is 0 Å². The maximum Gasteiger partial charge on any atom is 0.633 e. The SMILES string of the molecule is C[N+](C)(C)CCO[P+](=O)Cl. The van der Waals surface area contributed by atoms with E-state index in [1.807, 2.05) is 21.1 Å². The standard InChI is InChI=1S/C5H13ClNO2P/c1-7(2,3)4-5-9-10(6)8/h4-5H2,1-3H3/q+2. The van der Waals surface area contributed by atoms with E-state index in [0.717, 1.165) is 11.0 Å². The first-order chi connectivity index (χ1) is 4.42. The minimum absolute atomic E-state index is 0.447. The summed E-state index contributed by atoms with van der Waals surface area (Å²) in [5.74, 6) is 0. The summed E-state index contributed by atoms with van der Waals surface area (Å²) in [7, 11) is 4.16. The molecular weight excluding hydrogens is 172 g/mol. The van der Waals surface area contributed by atoms with Crippen molar-refractivity contribution in [1.82, 2.24) is 0 Å². The molecular formula is C5H13ClNO2P+2. The fraction of sp³-hybridized carbons (Fsp3) is 1.00. The molecule has 1 atom stereocenters. The monoisotopic (exact) mass is 185 g/mol. The molecule has 0 bridgehead atoms. The minimum Gasteiger partial charge on any atom is -0.329 e. The van der Waals surface area contributed by atoms with E-state index in [1.54, 1.807) is 0 Å². The lowest BCUT2D eigenvalue weighted by Gasteiger charge is -2.21. The van der Waals surface area contributed by atoms with E-state index in [9.17, 15) is 4.57 Å². The second-order valence-electron chi connectivity index (χ2n) is 3.06. The topological polar surface area (TPSA) is 26.3 Å². The van der Waals surface area contributed by atoms with Crippen LogP contribution in [-0.2, 0) is 9.09 Å². The molecule has 0 aliphatic rings. The normalized spacial score (nSPS) is 13.4. The van der Waals surface area contributed by atoms with Gasteiger partial charge in [-0.15, -0.1) is 4.52 Å². The molecule has 0 aromatic rings. The highest BCUT2D eigenvalue weighted by Crippen LogP contribution is 2.26. The van der Waals surface area contributed by atoms with Gasteiger partial charge in [0.05, 0.1) is 21.1 Å². The minimum atomic E-state index is -1.94. The van der Waals surface area contributed by atoms with E-state index in [1.165, 1.54) is 0 Å². The van der Waals surface area contributed by atoms with Crippen molar-refractivity contribution in [1.29, 1.82) is 0 Å². The van der Waals surface area contributed by atoms with Gasteiger partial charge in [-0.1, -0.05) is 0 Å². The van der Waals surface area contributed by atoms with Gasteiger partial charge in [0.25, 0.3) is 0 Å². The van der Waals surface area contributed by atoms with Crippen LogP contribution in [0.1, 0.15) is 0 Å². The number of likely N-dealkylation sites (N-methyl/N-ethyl adjacent to an activating group) is 1. The van der Waals surface area contributed by atoms with Gasteiger partial charge in [0.1, 0.15) is 6.54 Å². The summed E-state index contributed by atoms with van der Waals surface area (Å²) in [6.07, 6.45) is 0. The van der Waals surface area contributed by atoms with E-state index >= 15 is 0 Å². The molecule has 0 heterocycles. The Bertz CT molecular complexity index is 123. The molecule has 3 nitrogen and oxygen atoms in total. The van der Waals surface area contributed by atoms with E-state index in [2.05, 4.69) is 4.52 Å². The first kappa shape index (κ1) is 10.3. The van der Waals surface area contributed by atoms with Crippen LogP contribution in [0.15, 0.2) is 0 Å². The van der Waals surface area contributed by atoms with Crippen LogP contribution in [0.3, 0.4) is 0 Å². The molecule has 60 valence electrons. The fourth-order valence-electron chi connectivity index (χ4n) is 0.386. The number of hydrogen-bond donors (Lipinski definition) is 0. The fourth-order valence-corrected chi connectivity index (χ4v) is 0.819. The number of halogens is 1. The summed E-state index contributed by atoms with van der Waals surface area (Å²) in [6, 6.07) is 0. The molecule has 0 radical (unpaired) electrons. The van der Waals surface area contributed by atoms with Crippen LogP contribution in [0, 0.1) is 0 Å². The lowest BCUT2D eigenvalue weighted by molar-refractivity contribution is -0.870. The van der Waals surface area contributed by atoms with Crippen LogP contribution < -0.4 is 0 Å². The Morgan fingerprint density at radius 3 is 2.30 bits per heavy atom. The summed E-state index contributed by atoms with van der Waals surface area (Å²) < 4.78 is 15.7. The number of nitrogens with zero attached hydrogens (tertiary/aromatic N) is 1. The van der Waals surface area contributed by atoms with Gasteiger partial charge in [0.15, 0.2) is 6.61 Å². The Balaban J connectivity index is 3.29. The van der Waals surface area contributed by atoms with Crippen molar-refractivity contribution < 1.29 is 13.6 Å². The zero-order valence-electron chi connectivity index (χ0n) is 6.50. The molecule has 0 saturated heterocycles. The first-order valence-corrected chi connectivity index (χ1v) is 5.06. The Morgan fingerprint density at radius 2 is 2.00 bits per heavy atom. The average molecular weight is 186 g/mol. The third kappa shape index (κ3) is 8.31. The molecule has 0 aromatic carbocycles. The largest absolute Gasteiger partial charge is 0.633 e.